The molecule has 0 aliphatic carbocycles. The second-order valence-corrected chi connectivity index (χ2v) is 4.40. The van der Waals surface area contributed by atoms with Gasteiger partial charge in [-0.25, -0.2) is 4.39 Å². The number of aromatic nitrogens is 1. The molecule has 2 rings (SSSR count). The Balaban J connectivity index is 2.19. The topological polar surface area (TPSA) is 36.4 Å². The number of anilines is 2. The van der Waals surface area contributed by atoms with E-state index in [4.69, 9.17) is 0 Å². The number of benzene rings is 1. The highest BCUT2D eigenvalue weighted by atomic mass is 19.1. The smallest absolute Gasteiger partial charge is 0.123 e. The standard InChI is InChI=1S/C15H17FN2O/c1-3-15(19)14-9-8-13(10-17-14)18(2)12-6-4-11(16)5-7-12/h4-10,15,19H,3H2,1-2H3. The Kier molecular flexibility index (Phi) is 4.12. The van der Waals surface area contributed by atoms with Crippen LogP contribution < -0.4 is 4.90 Å². The third-order valence-corrected chi connectivity index (χ3v) is 3.10. The average molecular weight is 260 g/mol. The molecular formula is C15H17FN2O. The Hall–Kier alpha value is -1.94. The Labute approximate surface area is 112 Å². The van der Waals surface area contributed by atoms with E-state index in [9.17, 15) is 9.50 Å². The summed E-state index contributed by atoms with van der Waals surface area (Å²) in [6.07, 6.45) is 1.82. The van der Waals surface area contributed by atoms with E-state index >= 15 is 0 Å². The zero-order valence-corrected chi connectivity index (χ0v) is 11.0. The molecule has 3 nitrogen and oxygen atoms in total. The molecule has 0 bridgehead atoms. The molecule has 0 aliphatic rings. The lowest BCUT2D eigenvalue weighted by molar-refractivity contribution is 0.169. The van der Waals surface area contributed by atoms with Crippen LogP contribution in [0, 0.1) is 5.82 Å². The molecule has 1 unspecified atom stereocenters. The highest BCUT2D eigenvalue weighted by Gasteiger charge is 2.08. The van der Waals surface area contributed by atoms with Crippen molar-refractivity contribution in [2.75, 3.05) is 11.9 Å². The third-order valence-electron chi connectivity index (χ3n) is 3.10. The van der Waals surface area contributed by atoms with Crippen LogP contribution in [0.3, 0.4) is 0 Å². The first-order valence-corrected chi connectivity index (χ1v) is 6.25. The first kappa shape index (κ1) is 13.5. The van der Waals surface area contributed by atoms with Gasteiger partial charge in [-0.3, -0.25) is 4.98 Å². The average Bonchev–Trinajstić information content (AvgIpc) is 2.46. The molecule has 1 aromatic heterocycles. The minimum Gasteiger partial charge on any atom is -0.387 e. The van der Waals surface area contributed by atoms with Gasteiger partial charge in [-0.15, -0.1) is 0 Å². The van der Waals surface area contributed by atoms with Gasteiger partial charge >= 0.3 is 0 Å². The van der Waals surface area contributed by atoms with E-state index in [0.29, 0.717) is 12.1 Å². The van der Waals surface area contributed by atoms with E-state index in [1.54, 1.807) is 18.3 Å². The van der Waals surface area contributed by atoms with E-state index in [1.165, 1.54) is 12.1 Å². The molecule has 0 radical (unpaired) electrons. The first-order chi connectivity index (χ1) is 9.11. The summed E-state index contributed by atoms with van der Waals surface area (Å²) in [6, 6.07) is 9.98. The monoisotopic (exact) mass is 260 g/mol. The predicted octanol–water partition coefficient (Wildman–Crippen LogP) is 3.43. The van der Waals surface area contributed by atoms with Crippen molar-refractivity contribution in [3.63, 3.8) is 0 Å². The maximum atomic E-state index is 12.9. The van der Waals surface area contributed by atoms with Crippen molar-refractivity contribution >= 4 is 11.4 Å². The fraction of sp³-hybridized carbons (Fsp3) is 0.267. The van der Waals surface area contributed by atoms with Crippen LogP contribution in [0.15, 0.2) is 42.6 Å². The van der Waals surface area contributed by atoms with E-state index in [-0.39, 0.29) is 5.82 Å². The number of aliphatic hydroxyl groups is 1. The van der Waals surface area contributed by atoms with E-state index < -0.39 is 6.10 Å². The van der Waals surface area contributed by atoms with Crippen molar-refractivity contribution in [2.24, 2.45) is 0 Å². The maximum Gasteiger partial charge on any atom is 0.123 e. The molecule has 0 saturated heterocycles. The summed E-state index contributed by atoms with van der Waals surface area (Å²) >= 11 is 0. The number of pyridine rings is 1. The van der Waals surface area contributed by atoms with Crippen LogP contribution in [-0.2, 0) is 0 Å². The normalized spacial score (nSPS) is 12.2. The van der Waals surface area contributed by atoms with Crippen molar-refractivity contribution in [2.45, 2.75) is 19.4 Å². The molecule has 19 heavy (non-hydrogen) atoms. The number of halogens is 1. The van der Waals surface area contributed by atoms with E-state index in [0.717, 1.165) is 11.4 Å². The van der Waals surface area contributed by atoms with Gasteiger partial charge in [0.1, 0.15) is 5.82 Å². The van der Waals surface area contributed by atoms with Crippen molar-refractivity contribution in [1.29, 1.82) is 0 Å². The quantitative estimate of drug-likeness (QED) is 0.915. The zero-order valence-electron chi connectivity index (χ0n) is 11.0. The molecule has 0 saturated carbocycles. The van der Waals surface area contributed by atoms with E-state index in [2.05, 4.69) is 4.98 Å². The Morgan fingerprint density at radius 3 is 2.32 bits per heavy atom. The Morgan fingerprint density at radius 1 is 1.16 bits per heavy atom. The van der Waals surface area contributed by atoms with Crippen LogP contribution >= 0.6 is 0 Å². The number of rotatable bonds is 4. The highest BCUT2D eigenvalue weighted by molar-refractivity contribution is 5.61. The van der Waals surface area contributed by atoms with Gasteiger partial charge in [-0.05, 0) is 42.8 Å². The molecule has 1 heterocycles. The van der Waals surface area contributed by atoms with Crippen molar-refractivity contribution in [3.05, 3.63) is 54.1 Å². The van der Waals surface area contributed by atoms with Crippen molar-refractivity contribution in [1.82, 2.24) is 4.98 Å². The van der Waals surface area contributed by atoms with Gasteiger partial charge in [0.2, 0.25) is 0 Å². The SMILES string of the molecule is CCC(O)c1ccc(N(C)c2ccc(F)cc2)cn1. The largest absolute Gasteiger partial charge is 0.387 e. The molecule has 0 fully saturated rings. The minimum atomic E-state index is -0.523. The van der Waals surface area contributed by atoms with Crippen molar-refractivity contribution in [3.8, 4) is 0 Å². The van der Waals surface area contributed by atoms with E-state index in [1.807, 2.05) is 31.0 Å². The molecular weight excluding hydrogens is 243 g/mol. The number of nitrogens with zero attached hydrogens (tertiary/aromatic N) is 2. The number of hydrogen-bond acceptors (Lipinski definition) is 3. The molecule has 100 valence electrons. The molecule has 1 atom stereocenters. The van der Waals surface area contributed by atoms with Crippen LogP contribution in [-0.4, -0.2) is 17.1 Å². The van der Waals surface area contributed by atoms with Gasteiger partial charge in [0.05, 0.1) is 23.7 Å². The molecule has 1 N–H and O–H groups in total. The first-order valence-electron chi connectivity index (χ1n) is 6.25. The summed E-state index contributed by atoms with van der Waals surface area (Å²) in [5.74, 6) is -0.253. The Bertz CT molecular complexity index is 525. The van der Waals surface area contributed by atoms with Gasteiger partial charge in [-0.1, -0.05) is 6.92 Å². The van der Waals surface area contributed by atoms with Gasteiger partial charge in [0, 0.05) is 12.7 Å². The predicted molar refractivity (Wildman–Crippen MR) is 74.0 cm³/mol. The molecule has 2 aromatic rings. The van der Waals surface area contributed by atoms with Gasteiger partial charge in [0.15, 0.2) is 0 Å². The van der Waals surface area contributed by atoms with Crippen molar-refractivity contribution < 1.29 is 9.50 Å². The van der Waals surface area contributed by atoms with Gasteiger partial charge in [-0.2, -0.15) is 0 Å². The Morgan fingerprint density at radius 2 is 1.79 bits per heavy atom. The summed E-state index contributed by atoms with van der Waals surface area (Å²) < 4.78 is 12.9. The maximum absolute atomic E-state index is 12.9. The second-order valence-electron chi connectivity index (χ2n) is 4.40. The summed E-state index contributed by atoms with van der Waals surface area (Å²) in [5, 5.41) is 9.69. The molecule has 0 amide bonds. The summed E-state index contributed by atoms with van der Waals surface area (Å²) in [5.41, 5.74) is 2.43. The molecule has 1 aromatic carbocycles. The molecule has 0 spiro atoms. The fourth-order valence-corrected chi connectivity index (χ4v) is 1.82. The summed E-state index contributed by atoms with van der Waals surface area (Å²) in [4.78, 5) is 6.16. The van der Waals surface area contributed by atoms with Crippen LogP contribution in [0.5, 0.6) is 0 Å². The highest BCUT2D eigenvalue weighted by Crippen LogP contribution is 2.24. The fourth-order valence-electron chi connectivity index (χ4n) is 1.82. The van der Waals surface area contributed by atoms with Crippen LogP contribution in [0.2, 0.25) is 0 Å². The molecule has 0 aliphatic heterocycles. The number of hydrogen-bond donors (Lipinski definition) is 1. The lowest BCUT2D eigenvalue weighted by Gasteiger charge is -2.19. The molecule has 4 heteroatoms. The lowest BCUT2D eigenvalue weighted by Crippen LogP contribution is -2.10. The summed E-state index contributed by atoms with van der Waals surface area (Å²) in [6.45, 7) is 1.91. The zero-order chi connectivity index (χ0) is 13.8. The van der Waals surface area contributed by atoms with Gasteiger partial charge in [0.25, 0.3) is 0 Å². The third kappa shape index (κ3) is 3.09. The lowest BCUT2D eigenvalue weighted by atomic mass is 10.2. The van der Waals surface area contributed by atoms with Crippen LogP contribution in [0.1, 0.15) is 25.1 Å². The second kappa shape index (κ2) is 5.80. The number of aliphatic hydroxyl groups excluding tert-OH is 1. The van der Waals surface area contributed by atoms with Crippen LogP contribution in [0.4, 0.5) is 15.8 Å². The minimum absolute atomic E-state index is 0.253. The van der Waals surface area contributed by atoms with Gasteiger partial charge < -0.3 is 10.0 Å². The summed E-state index contributed by atoms with van der Waals surface area (Å²) in [7, 11) is 1.89. The van der Waals surface area contributed by atoms with Crippen LogP contribution in [0.25, 0.3) is 0 Å².